The van der Waals surface area contributed by atoms with Gasteiger partial charge in [-0.3, -0.25) is 4.79 Å². The normalized spacial score (nSPS) is 11.3. The molecule has 2 aromatic rings. The third-order valence-corrected chi connectivity index (χ3v) is 6.80. The van der Waals surface area contributed by atoms with Crippen molar-refractivity contribution in [3.8, 4) is 17.2 Å². The molecule has 0 saturated carbocycles. The molecule has 0 aliphatic rings. The second kappa shape index (κ2) is 11.0. The molecule has 0 fully saturated rings. The zero-order valence-corrected chi connectivity index (χ0v) is 19.4. The number of sulfonamides is 1. The Morgan fingerprint density at radius 3 is 2.16 bits per heavy atom. The van der Waals surface area contributed by atoms with Crippen molar-refractivity contribution in [2.45, 2.75) is 32.2 Å². The number of carbonyl (C=O) groups excluding carboxylic acids is 1. The standard InChI is InChI=1S/C22H30N2O6S/c1-6-24(7-2)31(26,27)21-14-17(10-12-19(21)28-4)22(25)23-15-16-9-11-18(30-8-3)20(13-16)29-5/h9-14H,6-8,15H2,1-5H3,(H,23,25). The molecule has 0 aliphatic carbocycles. The summed E-state index contributed by atoms with van der Waals surface area (Å²) in [4.78, 5) is 12.7. The van der Waals surface area contributed by atoms with Gasteiger partial charge in [-0.05, 0) is 42.8 Å². The van der Waals surface area contributed by atoms with E-state index in [1.165, 1.54) is 29.6 Å². The summed E-state index contributed by atoms with van der Waals surface area (Å²) < 4.78 is 43.3. The highest BCUT2D eigenvalue weighted by molar-refractivity contribution is 7.89. The first-order valence-corrected chi connectivity index (χ1v) is 11.5. The third kappa shape index (κ3) is 5.68. The predicted molar refractivity (Wildman–Crippen MR) is 118 cm³/mol. The van der Waals surface area contributed by atoms with Crippen LogP contribution in [0.1, 0.15) is 36.7 Å². The van der Waals surface area contributed by atoms with Gasteiger partial charge < -0.3 is 19.5 Å². The quantitative estimate of drug-likeness (QED) is 0.566. The lowest BCUT2D eigenvalue weighted by Gasteiger charge is -2.20. The Bertz CT molecular complexity index is 1000. The summed E-state index contributed by atoms with van der Waals surface area (Å²) in [5.74, 6) is 0.998. The van der Waals surface area contributed by atoms with Crippen molar-refractivity contribution in [3.63, 3.8) is 0 Å². The van der Waals surface area contributed by atoms with E-state index in [4.69, 9.17) is 14.2 Å². The maximum absolute atomic E-state index is 13.0. The molecule has 8 nitrogen and oxygen atoms in total. The van der Waals surface area contributed by atoms with Gasteiger partial charge in [-0.1, -0.05) is 19.9 Å². The van der Waals surface area contributed by atoms with Gasteiger partial charge in [0.25, 0.3) is 5.91 Å². The number of hydrogen-bond acceptors (Lipinski definition) is 6. The van der Waals surface area contributed by atoms with Crippen LogP contribution in [-0.2, 0) is 16.6 Å². The van der Waals surface area contributed by atoms with Crippen molar-refractivity contribution in [2.75, 3.05) is 33.9 Å². The first kappa shape index (κ1) is 24.5. The average molecular weight is 451 g/mol. The number of benzene rings is 2. The lowest BCUT2D eigenvalue weighted by atomic mass is 10.1. The van der Waals surface area contributed by atoms with Crippen molar-refractivity contribution in [1.29, 1.82) is 0 Å². The van der Waals surface area contributed by atoms with Crippen LogP contribution < -0.4 is 19.5 Å². The first-order valence-electron chi connectivity index (χ1n) is 10.1. The first-order chi connectivity index (χ1) is 14.8. The molecule has 2 rings (SSSR count). The fourth-order valence-corrected chi connectivity index (χ4v) is 4.74. The molecule has 0 saturated heterocycles. The summed E-state index contributed by atoms with van der Waals surface area (Å²) in [7, 11) is -0.839. The fourth-order valence-electron chi connectivity index (χ4n) is 3.10. The molecule has 2 aromatic carbocycles. The minimum atomic E-state index is -3.79. The maximum Gasteiger partial charge on any atom is 0.251 e. The van der Waals surface area contributed by atoms with E-state index >= 15 is 0 Å². The van der Waals surface area contributed by atoms with Crippen LogP contribution in [0.5, 0.6) is 17.2 Å². The third-order valence-electron chi connectivity index (χ3n) is 4.73. The fraction of sp³-hybridized carbons (Fsp3) is 0.409. The van der Waals surface area contributed by atoms with E-state index in [-0.39, 0.29) is 22.8 Å². The van der Waals surface area contributed by atoms with Gasteiger partial charge in [0.05, 0.1) is 20.8 Å². The largest absolute Gasteiger partial charge is 0.495 e. The zero-order chi connectivity index (χ0) is 23.0. The van der Waals surface area contributed by atoms with Crippen LogP contribution in [0.2, 0.25) is 0 Å². The second-order valence-corrected chi connectivity index (χ2v) is 8.46. The molecule has 0 unspecified atom stereocenters. The Balaban J connectivity index is 2.25. The number of methoxy groups -OCH3 is 2. The van der Waals surface area contributed by atoms with E-state index in [2.05, 4.69) is 5.32 Å². The lowest BCUT2D eigenvalue weighted by Crippen LogP contribution is -2.31. The molecule has 0 atom stereocenters. The Morgan fingerprint density at radius 1 is 0.935 bits per heavy atom. The Hall–Kier alpha value is -2.78. The molecule has 9 heteroatoms. The summed E-state index contributed by atoms with van der Waals surface area (Å²) in [5, 5.41) is 2.81. The van der Waals surface area contributed by atoms with Crippen LogP contribution in [0.15, 0.2) is 41.3 Å². The van der Waals surface area contributed by atoms with Crippen LogP contribution in [-0.4, -0.2) is 52.5 Å². The van der Waals surface area contributed by atoms with Gasteiger partial charge in [-0.25, -0.2) is 8.42 Å². The second-order valence-electron chi connectivity index (χ2n) is 6.56. The van der Waals surface area contributed by atoms with Gasteiger partial charge in [0.1, 0.15) is 10.6 Å². The average Bonchev–Trinajstić information content (AvgIpc) is 2.78. The van der Waals surface area contributed by atoms with Gasteiger partial charge >= 0.3 is 0 Å². The number of nitrogens with one attached hydrogen (secondary N) is 1. The van der Waals surface area contributed by atoms with Crippen LogP contribution in [0.3, 0.4) is 0 Å². The maximum atomic E-state index is 13.0. The van der Waals surface area contributed by atoms with E-state index in [0.717, 1.165) is 5.56 Å². The molecular weight excluding hydrogens is 420 g/mol. The van der Waals surface area contributed by atoms with Crippen LogP contribution >= 0.6 is 0 Å². The summed E-state index contributed by atoms with van der Waals surface area (Å²) in [5.41, 5.74) is 1.04. The molecule has 0 aromatic heterocycles. The van der Waals surface area contributed by atoms with Crippen LogP contribution in [0.25, 0.3) is 0 Å². The minimum Gasteiger partial charge on any atom is -0.495 e. The van der Waals surface area contributed by atoms with E-state index in [9.17, 15) is 13.2 Å². The summed E-state index contributed by atoms with van der Waals surface area (Å²) in [6, 6.07) is 9.78. The molecule has 0 radical (unpaired) electrons. The van der Waals surface area contributed by atoms with E-state index in [1.807, 2.05) is 13.0 Å². The predicted octanol–water partition coefficient (Wildman–Crippen LogP) is 3.06. The highest BCUT2D eigenvalue weighted by atomic mass is 32.2. The van der Waals surface area contributed by atoms with Crippen molar-refractivity contribution >= 4 is 15.9 Å². The summed E-state index contributed by atoms with van der Waals surface area (Å²) in [6.45, 7) is 6.80. The smallest absolute Gasteiger partial charge is 0.251 e. The van der Waals surface area contributed by atoms with Crippen LogP contribution in [0.4, 0.5) is 0 Å². The highest BCUT2D eigenvalue weighted by Gasteiger charge is 2.26. The van der Waals surface area contributed by atoms with Gasteiger partial charge in [0.15, 0.2) is 11.5 Å². The van der Waals surface area contributed by atoms with E-state index in [1.54, 1.807) is 33.1 Å². The molecular formula is C22H30N2O6S. The van der Waals surface area contributed by atoms with Crippen molar-refractivity contribution in [2.24, 2.45) is 0 Å². The number of nitrogens with zero attached hydrogens (tertiary/aromatic N) is 1. The zero-order valence-electron chi connectivity index (χ0n) is 18.6. The van der Waals surface area contributed by atoms with Crippen molar-refractivity contribution in [3.05, 3.63) is 47.5 Å². The number of rotatable bonds is 11. The Morgan fingerprint density at radius 2 is 1.58 bits per heavy atom. The lowest BCUT2D eigenvalue weighted by molar-refractivity contribution is 0.0950. The molecule has 0 heterocycles. The molecule has 0 spiro atoms. The van der Waals surface area contributed by atoms with Gasteiger partial charge in [0.2, 0.25) is 10.0 Å². The van der Waals surface area contributed by atoms with Crippen LogP contribution in [0, 0.1) is 0 Å². The van der Waals surface area contributed by atoms with Gasteiger partial charge in [0, 0.05) is 25.2 Å². The van der Waals surface area contributed by atoms with E-state index in [0.29, 0.717) is 31.2 Å². The molecule has 1 N–H and O–H groups in total. The number of carbonyl (C=O) groups is 1. The molecule has 0 aliphatic heterocycles. The number of amides is 1. The molecule has 170 valence electrons. The van der Waals surface area contributed by atoms with Gasteiger partial charge in [-0.2, -0.15) is 4.31 Å². The monoisotopic (exact) mass is 450 g/mol. The minimum absolute atomic E-state index is 0.0333. The Kier molecular flexibility index (Phi) is 8.70. The highest BCUT2D eigenvalue weighted by Crippen LogP contribution is 2.29. The van der Waals surface area contributed by atoms with Gasteiger partial charge in [-0.15, -0.1) is 0 Å². The summed E-state index contributed by atoms with van der Waals surface area (Å²) >= 11 is 0. The SMILES string of the molecule is CCOc1ccc(CNC(=O)c2ccc(OC)c(S(=O)(=O)N(CC)CC)c2)cc1OC. The topological polar surface area (TPSA) is 94.2 Å². The number of hydrogen-bond donors (Lipinski definition) is 1. The molecule has 0 bridgehead atoms. The van der Waals surface area contributed by atoms with Crippen molar-refractivity contribution < 1.29 is 27.4 Å². The Labute approximate surface area is 184 Å². The van der Waals surface area contributed by atoms with E-state index < -0.39 is 15.9 Å². The van der Waals surface area contributed by atoms with Crippen molar-refractivity contribution in [1.82, 2.24) is 9.62 Å². The molecule has 31 heavy (non-hydrogen) atoms. The summed E-state index contributed by atoms with van der Waals surface area (Å²) in [6.07, 6.45) is 0. The molecule has 1 amide bonds. The number of ether oxygens (including phenoxy) is 3.